The third-order valence-corrected chi connectivity index (χ3v) is 13.0. The van der Waals surface area contributed by atoms with Gasteiger partial charge in [-0.3, -0.25) is 0 Å². The van der Waals surface area contributed by atoms with Crippen molar-refractivity contribution < 1.29 is 0 Å². The first-order valence-corrected chi connectivity index (χ1v) is 20.8. The van der Waals surface area contributed by atoms with Crippen LogP contribution in [0.3, 0.4) is 0 Å². The predicted octanol–water partition coefficient (Wildman–Crippen LogP) is 13.4. The molecule has 2 bridgehead atoms. The Morgan fingerprint density at radius 1 is 0.508 bits per heavy atom. The van der Waals surface area contributed by atoms with E-state index in [1.807, 2.05) is 72.8 Å². The van der Waals surface area contributed by atoms with E-state index in [0.29, 0.717) is 28.6 Å². The Bertz CT molecular complexity index is 2980. The maximum atomic E-state index is 9.98. The van der Waals surface area contributed by atoms with E-state index in [1.54, 1.807) is 0 Å². The van der Waals surface area contributed by atoms with Crippen LogP contribution < -0.4 is 0 Å². The van der Waals surface area contributed by atoms with Gasteiger partial charge in [0.15, 0.2) is 17.5 Å². The van der Waals surface area contributed by atoms with Crippen LogP contribution in [0, 0.1) is 40.4 Å². The zero-order chi connectivity index (χ0) is 40.1. The maximum Gasteiger partial charge on any atom is 0.164 e. The first kappa shape index (κ1) is 36.4. The molecule has 5 nitrogen and oxygen atoms in total. The lowest BCUT2D eigenvalue weighted by molar-refractivity contribution is 0.0899. The van der Waals surface area contributed by atoms with Crippen LogP contribution in [-0.4, -0.2) is 15.0 Å². The topological polar surface area (TPSA) is 86.2 Å². The van der Waals surface area contributed by atoms with E-state index in [2.05, 4.69) is 98.8 Å². The van der Waals surface area contributed by atoms with Crippen molar-refractivity contribution in [2.75, 3.05) is 0 Å². The molecule has 0 amide bonds. The fraction of sp³-hybridized carbons (Fsp3) is 0.204. The van der Waals surface area contributed by atoms with Gasteiger partial charge in [-0.15, -0.1) is 0 Å². The fourth-order valence-corrected chi connectivity index (χ4v) is 10.5. The Morgan fingerprint density at radius 3 is 1.85 bits per heavy atom. The van der Waals surface area contributed by atoms with Gasteiger partial charge >= 0.3 is 0 Å². The molecule has 2 fully saturated rings. The fourth-order valence-electron chi connectivity index (χ4n) is 10.5. The second kappa shape index (κ2) is 14.8. The molecule has 2 saturated carbocycles. The molecule has 10 rings (SSSR count). The van der Waals surface area contributed by atoms with E-state index < -0.39 is 0 Å². The van der Waals surface area contributed by atoms with Crippen molar-refractivity contribution in [3.63, 3.8) is 0 Å². The van der Waals surface area contributed by atoms with Gasteiger partial charge in [0.05, 0.1) is 23.3 Å². The highest BCUT2D eigenvalue weighted by atomic mass is 15.0. The van der Waals surface area contributed by atoms with Crippen LogP contribution >= 0.6 is 0 Å². The number of hydrogen-bond acceptors (Lipinski definition) is 5. The minimum absolute atomic E-state index is 0.186. The van der Waals surface area contributed by atoms with Gasteiger partial charge in [-0.2, -0.15) is 10.5 Å². The molecule has 2 aliphatic rings. The molecule has 1 aromatic heterocycles. The molecule has 7 aromatic carbocycles. The average Bonchev–Trinajstić information content (AvgIpc) is 3.27. The summed E-state index contributed by atoms with van der Waals surface area (Å²) in [6.07, 6.45) is 6.63. The number of fused-ring (bicyclic) bond motifs is 4. The van der Waals surface area contributed by atoms with Crippen molar-refractivity contribution in [2.24, 2.45) is 17.8 Å². The van der Waals surface area contributed by atoms with Gasteiger partial charge in [0, 0.05) is 22.1 Å². The zero-order valence-electron chi connectivity index (χ0n) is 33.4. The summed E-state index contributed by atoms with van der Waals surface area (Å²) in [5.74, 6) is 4.11. The Balaban J connectivity index is 1.15. The molecular formula is C54H43N5. The van der Waals surface area contributed by atoms with Crippen molar-refractivity contribution in [1.29, 1.82) is 10.5 Å². The molecular weight excluding hydrogens is 719 g/mol. The standard InChI is InChI=1S/C54H43N5/c1-34-23-36-25-37(24-34)31-54(2,30-36)45-20-17-38(18-21-45)42-27-43(40-12-7-9-35(26-40)32-55)29-44(28-42)51-57-52(49-16-8-11-39-10-3-4-13-46(39)49)59-53(58-51)50-22-19-41(33-56)47-14-5-6-15-48(47)50/h3-22,26-29,34,36-37H,23-25,30-31H2,1-2H3/t34-,36+,37-,54?. The lowest BCUT2D eigenvalue weighted by Crippen LogP contribution is -2.38. The smallest absolute Gasteiger partial charge is 0.164 e. The maximum absolute atomic E-state index is 9.98. The highest BCUT2D eigenvalue weighted by Crippen LogP contribution is 2.51. The number of rotatable bonds is 6. The zero-order valence-corrected chi connectivity index (χ0v) is 33.4. The molecule has 59 heavy (non-hydrogen) atoms. The van der Waals surface area contributed by atoms with Crippen LogP contribution in [-0.2, 0) is 5.41 Å². The Kier molecular flexibility index (Phi) is 9.11. The van der Waals surface area contributed by atoms with Crippen LogP contribution in [0.4, 0.5) is 0 Å². The third kappa shape index (κ3) is 6.84. The molecule has 4 atom stereocenters. The molecule has 8 aromatic rings. The van der Waals surface area contributed by atoms with Crippen molar-refractivity contribution in [3.05, 3.63) is 162 Å². The summed E-state index contributed by atoms with van der Waals surface area (Å²) in [6, 6.07) is 54.5. The molecule has 1 unspecified atom stereocenters. The number of nitrogens with zero attached hydrogens (tertiary/aromatic N) is 5. The van der Waals surface area contributed by atoms with Crippen molar-refractivity contribution in [2.45, 2.75) is 51.4 Å². The summed E-state index contributed by atoms with van der Waals surface area (Å²) in [7, 11) is 0. The predicted molar refractivity (Wildman–Crippen MR) is 238 cm³/mol. The van der Waals surface area contributed by atoms with Gasteiger partial charge in [-0.1, -0.05) is 117 Å². The summed E-state index contributed by atoms with van der Waals surface area (Å²) >= 11 is 0. The quantitative estimate of drug-likeness (QED) is 0.168. The summed E-state index contributed by atoms with van der Waals surface area (Å²) in [6.45, 7) is 4.92. The average molecular weight is 762 g/mol. The van der Waals surface area contributed by atoms with Gasteiger partial charge in [0.25, 0.3) is 0 Å². The first-order valence-electron chi connectivity index (χ1n) is 20.8. The SMILES string of the molecule is C[C@H]1C[C@@H]2C[C@H](C1)CC(C)(c1ccc(-c3cc(-c4cccc(C#N)c4)cc(-c4nc(-c5cccc6ccccc56)nc(-c5ccc(C#N)c6ccccc56)n4)c3)cc1)C2. The minimum atomic E-state index is 0.186. The number of nitriles is 2. The Hall–Kier alpha value is -6.95. The third-order valence-electron chi connectivity index (χ3n) is 13.0. The molecule has 284 valence electrons. The van der Waals surface area contributed by atoms with Gasteiger partial charge in [-0.25, -0.2) is 15.0 Å². The van der Waals surface area contributed by atoms with E-state index in [-0.39, 0.29) is 5.41 Å². The van der Waals surface area contributed by atoms with Gasteiger partial charge in [0.2, 0.25) is 0 Å². The molecule has 0 N–H and O–H groups in total. The lowest BCUT2D eigenvalue weighted by atomic mass is 9.57. The molecule has 2 aliphatic carbocycles. The Morgan fingerprint density at radius 2 is 1.12 bits per heavy atom. The molecule has 0 saturated heterocycles. The van der Waals surface area contributed by atoms with E-state index >= 15 is 0 Å². The molecule has 0 aliphatic heterocycles. The van der Waals surface area contributed by atoms with Crippen molar-refractivity contribution in [1.82, 2.24) is 15.0 Å². The van der Waals surface area contributed by atoms with Crippen LogP contribution in [0.25, 0.3) is 78.0 Å². The van der Waals surface area contributed by atoms with E-state index in [4.69, 9.17) is 15.0 Å². The van der Waals surface area contributed by atoms with Gasteiger partial charge in [0.1, 0.15) is 0 Å². The normalized spacial score (nSPS) is 19.9. The second-order valence-corrected chi connectivity index (χ2v) is 17.2. The minimum Gasteiger partial charge on any atom is -0.208 e. The van der Waals surface area contributed by atoms with Crippen LogP contribution in [0.5, 0.6) is 0 Å². The van der Waals surface area contributed by atoms with E-state index in [9.17, 15) is 10.5 Å². The molecule has 1 heterocycles. The van der Waals surface area contributed by atoms with Gasteiger partial charge in [-0.05, 0) is 142 Å². The van der Waals surface area contributed by atoms with Crippen LogP contribution in [0.1, 0.15) is 62.6 Å². The van der Waals surface area contributed by atoms with Crippen LogP contribution in [0.2, 0.25) is 0 Å². The monoisotopic (exact) mass is 761 g/mol. The highest BCUT2D eigenvalue weighted by Gasteiger charge is 2.41. The van der Waals surface area contributed by atoms with Gasteiger partial charge < -0.3 is 0 Å². The Labute approximate surface area is 345 Å². The van der Waals surface area contributed by atoms with Crippen molar-refractivity contribution >= 4 is 21.5 Å². The number of hydrogen-bond donors (Lipinski definition) is 0. The van der Waals surface area contributed by atoms with E-state index in [1.165, 1.54) is 37.7 Å². The molecule has 0 spiro atoms. The van der Waals surface area contributed by atoms with Crippen LogP contribution in [0.15, 0.2) is 146 Å². The highest BCUT2D eigenvalue weighted by molar-refractivity contribution is 5.99. The largest absolute Gasteiger partial charge is 0.208 e. The van der Waals surface area contributed by atoms with E-state index in [0.717, 1.165) is 78.2 Å². The summed E-state index contributed by atoms with van der Waals surface area (Å²) < 4.78 is 0. The summed E-state index contributed by atoms with van der Waals surface area (Å²) in [5.41, 5.74) is 9.48. The summed E-state index contributed by atoms with van der Waals surface area (Å²) in [4.78, 5) is 15.7. The number of aromatic nitrogens is 3. The second-order valence-electron chi connectivity index (χ2n) is 17.2. The molecule has 0 radical (unpaired) electrons. The van der Waals surface area contributed by atoms with Crippen molar-refractivity contribution in [3.8, 4) is 68.6 Å². The summed E-state index contributed by atoms with van der Waals surface area (Å²) in [5, 5.41) is 23.7. The number of benzene rings is 7. The lowest BCUT2D eigenvalue weighted by Gasteiger charge is -2.47. The first-order chi connectivity index (χ1) is 28.8. The molecule has 5 heteroatoms.